The van der Waals surface area contributed by atoms with E-state index in [1.165, 1.54) is 0 Å². The van der Waals surface area contributed by atoms with E-state index in [-0.39, 0.29) is 15.6 Å². The Morgan fingerprint density at radius 2 is 1.78 bits per heavy atom. The molecule has 0 saturated carbocycles. The molecular weight excluding hydrogens is 292 g/mol. The first-order chi connectivity index (χ1) is 8.25. The zero-order valence-electron chi connectivity index (χ0n) is 8.86. The molecule has 96 valence electrons. The second-order valence-corrected chi connectivity index (χ2v) is 3.87. The Balaban J connectivity index is 3.24. The van der Waals surface area contributed by atoms with Crippen LogP contribution in [0.25, 0.3) is 0 Å². The molecule has 0 aliphatic heterocycles. The molecule has 0 aromatic heterocycles. The Morgan fingerprint density at radius 3 is 2.17 bits per heavy atom. The number of benzene rings is 1. The van der Waals surface area contributed by atoms with E-state index in [1.54, 1.807) is 0 Å². The molecule has 0 heterocycles. The van der Waals surface area contributed by atoms with Crippen LogP contribution in [0.15, 0.2) is 12.1 Å². The van der Waals surface area contributed by atoms with E-state index in [0.29, 0.717) is 12.1 Å². The molecule has 0 unspecified atom stereocenters. The predicted octanol–water partition coefficient (Wildman–Crippen LogP) is 3.54. The summed E-state index contributed by atoms with van der Waals surface area (Å²) < 4.78 is 41.5. The molecule has 0 atom stereocenters. The van der Waals surface area contributed by atoms with Crippen molar-refractivity contribution in [2.24, 2.45) is 0 Å². The molecular formula is C11H5Cl2F3O2. The van der Waals surface area contributed by atoms with E-state index in [2.05, 4.69) is 10.7 Å². The summed E-state index contributed by atoms with van der Waals surface area (Å²) in [7, 11) is 1.12. The fraction of sp³-hybridized carbons (Fsp3) is 0.182. The van der Waals surface area contributed by atoms with Crippen molar-refractivity contribution in [3.05, 3.63) is 33.3 Å². The smallest absolute Gasteiger partial charge is 0.416 e. The molecule has 2 nitrogen and oxygen atoms in total. The van der Waals surface area contributed by atoms with Crippen LogP contribution in [0.4, 0.5) is 13.2 Å². The Kier molecular flexibility index (Phi) is 4.49. The summed E-state index contributed by atoms with van der Waals surface area (Å²) in [5.74, 6) is 3.44. The van der Waals surface area contributed by atoms with Crippen LogP contribution in [0.5, 0.6) is 0 Å². The lowest BCUT2D eigenvalue weighted by Gasteiger charge is -2.09. The first-order valence-electron chi connectivity index (χ1n) is 4.42. The molecule has 0 spiro atoms. The average Bonchev–Trinajstić information content (AvgIpc) is 2.26. The standard InChI is InChI=1S/C11H5Cl2F3O2/c1-18-10(17)3-2-7-8(12)4-6(5-9(7)13)11(14,15)16/h4-5H,1H3. The minimum Gasteiger partial charge on any atom is -0.459 e. The van der Waals surface area contributed by atoms with Gasteiger partial charge in [-0.2, -0.15) is 13.2 Å². The molecule has 0 amide bonds. The second-order valence-electron chi connectivity index (χ2n) is 3.05. The van der Waals surface area contributed by atoms with Crippen molar-refractivity contribution < 1.29 is 22.7 Å². The number of ether oxygens (including phenoxy) is 1. The van der Waals surface area contributed by atoms with Gasteiger partial charge >= 0.3 is 12.1 Å². The molecule has 1 aromatic rings. The lowest BCUT2D eigenvalue weighted by molar-refractivity contribution is -0.137. The van der Waals surface area contributed by atoms with Gasteiger partial charge in [0.25, 0.3) is 0 Å². The molecule has 1 rings (SSSR count). The van der Waals surface area contributed by atoms with Gasteiger partial charge in [-0.25, -0.2) is 4.79 Å². The summed E-state index contributed by atoms with van der Waals surface area (Å²) in [6.07, 6.45) is -4.55. The van der Waals surface area contributed by atoms with Gasteiger partial charge < -0.3 is 4.74 Å². The van der Waals surface area contributed by atoms with Crippen molar-refractivity contribution in [2.45, 2.75) is 6.18 Å². The van der Waals surface area contributed by atoms with Gasteiger partial charge in [0.15, 0.2) is 0 Å². The Morgan fingerprint density at radius 1 is 1.28 bits per heavy atom. The van der Waals surface area contributed by atoms with Crippen LogP contribution in [0.1, 0.15) is 11.1 Å². The molecule has 0 N–H and O–H groups in total. The topological polar surface area (TPSA) is 26.3 Å². The molecule has 0 fully saturated rings. The third-order valence-corrected chi connectivity index (χ3v) is 2.44. The lowest BCUT2D eigenvalue weighted by Crippen LogP contribution is -2.05. The van der Waals surface area contributed by atoms with Gasteiger partial charge in [-0.15, -0.1) is 0 Å². The van der Waals surface area contributed by atoms with Gasteiger partial charge in [-0.1, -0.05) is 29.1 Å². The summed E-state index contributed by atoms with van der Waals surface area (Å²) in [5, 5.41) is -0.572. The van der Waals surface area contributed by atoms with Gasteiger partial charge in [-0.05, 0) is 12.1 Å². The van der Waals surface area contributed by atoms with Gasteiger partial charge in [-0.3, -0.25) is 0 Å². The lowest BCUT2D eigenvalue weighted by atomic mass is 10.1. The number of carbonyl (C=O) groups is 1. The maximum absolute atomic E-state index is 12.4. The molecule has 0 aliphatic carbocycles. The van der Waals surface area contributed by atoms with Gasteiger partial charge in [0.2, 0.25) is 0 Å². The van der Waals surface area contributed by atoms with Crippen LogP contribution in [0.2, 0.25) is 10.0 Å². The van der Waals surface area contributed by atoms with E-state index in [9.17, 15) is 18.0 Å². The molecule has 0 radical (unpaired) electrons. The molecule has 18 heavy (non-hydrogen) atoms. The number of hydrogen-bond donors (Lipinski definition) is 0. The summed E-state index contributed by atoms with van der Waals surface area (Å²) in [4.78, 5) is 10.8. The van der Waals surface area contributed by atoms with Gasteiger partial charge in [0.1, 0.15) is 0 Å². The van der Waals surface area contributed by atoms with Crippen molar-refractivity contribution in [3.8, 4) is 11.8 Å². The van der Waals surface area contributed by atoms with Crippen molar-refractivity contribution in [1.82, 2.24) is 0 Å². The Bertz CT molecular complexity index is 518. The number of hydrogen-bond acceptors (Lipinski definition) is 2. The number of esters is 1. The minimum absolute atomic E-state index is 0.0586. The zero-order chi connectivity index (χ0) is 13.9. The number of carbonyl (C=O) groups excluding carboxylic acids is 1. The normalized spacial score (nSPS) is 10.6. The van der Waals surface area contributed by atoms with E-state index in [4.69, 9.17) is 23.2 Å². The SMILES string of the molecule is COC(=O)C#Cc1c(Cl)cc(C(F)(F)F)cc1Cl. The number of rotatable bonds is 0. The van der Waals surface area contributed by atoms with Gasteiger partial charge in [0.05, 0.1) is 28.3 Å². The highest BCUT2D eigenvalue weighted by molar-refractivity contribution is 6.36. The highest BCUT2D eigenvalue weighted by atomic mass is 35.5. The molecule has 1 aromatic carbocycles. The van der Waals surface area contributed by atoms with Crippen molar-refractivity contribution in [2.75, 3.05) is 7.11 Å². The second kappa shape index (κ2) is 5.51. The first kappa shape index (κ1) is 14.7. The van der Waals surface area contributed by atoms with Crippen molar-refractivity contribution in [1.29, 1.82) is 0 Å². The van der Waals surface area contributed by atoms with Crippen molar-refractivity contribution in [3.63, 3.8) is 0 Å². The Labute approximate surface area is 111 Å². The van der Waals surface area contributed by atoms with E-state index < -0.39 is 17.7 Å². The summed E-state index contributed by atoms with van der Waals surface area (Å²) in [5.41, 5.74) is -1.04. The van der Waals surface area contributed by atoms with Gasteiger partial charge in [0, 0.05) is 5.92 Å². The van der Waals surface area contributed by atoms with E-state index in [1.807, 2.05) is 5.92 Å². The van der Waals surface area contributed by atoms with Crippen LogP contribution in [0.3, 0.4) is 0 Å². The highest BCUT2D eigenvalue weighted by Crippen LogP contribution is 2.35. The van der Waals surface area contributed by atoms with Crippen LogP contribution in [0, 0.1) is 11.8 Å². The summed E-state index contributed by atoms with van der Waals surface area (Å²) >= 11 is 11.3. The fourth-order valence-corrected chi connectivity index (χ4v) is 1.60. The molecule has 0 aliphatic rings. The third kappa shape index (κ3) is 3.56. The zero-order valence-corrected chi connectivity index (χ0v) is 10.4. The maximum Gasteiger partial charge on any atom is 0.416 e. The Hall–Kier alpha value is -1.38. The van der Waals surface area contributed by atoms with Crippen LogP contribution in [-0.2, 0) is 15.7 Å². The minimum atomic E-state index is -4.55. The summed E-state index contributed by atoms with van der Waals surface area (Å²) in [6, 6.07) is 1.38. The predicted molar refractivity (Wildman–Crippen MR) is 60.4 cm³/mol. The first-order valence-corrected chi connectivity index (χ1v) is 5.17. The van der Waals surface area contributed by atoms with E-state index in [0.717, 1.165) is 7.11 Å². The van der Waals surface area contributed by atoms with Crippen LogP contribution >= 0.6 is 23.2 Å². The number of methoxy groups -OCH3 is 1. The van der Waals surface area contributed by atoms with E-state index >= 15 is 0 Å². The number of halogens is 5. The number of alkyl halides is 3. The molecule has 7 heteroatoms. The largest absolute Gasteiger partial charge is 0.459 e. The van der Waals surface area contributed by atoms with Crippen molar-refractivity contribution >= 4 is 29.2 Å². The quantitative estimate of drug-likeness (QED) is 0.541. The molecule has 0 saturated heterocycles. The average molecular weight is 297 g/mol. The fourth-order valence-electron chi connectivity index (χ4n) is 1.02. The van der Waals surface area contributed by atoms with Crippen LogP contribution < -0.4 is 0 Å². The highest BCUT2D eigenvalue weighted by Gasteiger charge is 2.31. The van der Waals surface area contributed by atoms with Crippen LogP contribution in [-0.4, -0.2) is 13.1 Å². The maximum atomic E-state index is 12.4. The molecule has 0 bridgehead atoms. The monoisotopic (exact) mass is 296 g/mol. The third-order valence-electron chi connectivity index (χ3n) is 1.84. The summed E-state index contributed by atoms with van der Waals surface area (Å²) in [6.45, 7) is 0.